The Kier molecular flexibility index (Phi) is 4.45. The normalized spacial score (nSPS) is 34.5. The summed E-state index contributed by atoms with van der Waals surface area (Å²) in [7, 11) is 0. The van der Waals surface area contributed by atoms with Crippen molar-refractivity contribution >= 4 is 6.03 Å². The van der Waals surface area contributed by atoms with Gasteiger partial charge in [-0.1, -0.05) is 0 Å². The molecule has 16 heavy (non-hydrogen) atoms. The Morgan fingerprint density at radius 1 is 1.44 bits per heavy atom. The minimum absolute atomic E-state index is 0. The molecule has 0 saturated carbocycles. The first-order valence-electron chi connectivity index (χ1n) is 5.22. The van der Waals surface area contributed by atoms with E-state index in [2.05, 4.69) is 5.32 Å². The molecule has 2 saturated heterocycles. The van der Waals surface area contributed by atoms with Crippen LogP contribution in [0.1, 0.15) is 19.3 Å². The van der Waals surface area contributed by atoms with E-state index in [0.29, 0.717) is 13.0 Å². The van der Waals surface area contributed by atoms with Gasteiger partial charge >= 0.3 is 6.03 Å². The predicted molar refractivity (Wildman–Crippen MR) is 53.3 cm³/mol. The van der Waals surface area contributed by atoms with Gasteiger partial charge < -0.3 is 20.3 Å². The lowest BCUT2D eigenvalue weighted by molar-refractivity contribution is -0.0625. The van der Waals surface area contributed by atoms with Gasteiger partial charge in [0.15, 0.2) is 0 Å². The molecule has 2 rings (SSSR count). The number of nitrogens with one attached hydrogen (secondary N) is 1. The highest BCUT2D eigenvalue weighted by molar-refractivity contribution is 5.75. The number of hydrogen-bond donors (Lipinski definition) is 3. The number of aliphatic hydroxyl groups is 2. The molecule has 2 aliphatic heterocycles. The third-order valence-electron chi connectivity index (χ3n) is 2.83. The zero-order valence-corrected chi connectivity index (χ0v) is 8.83. The van der Waals surface area contributed by atoms with Gasteiger partial charge in [0, 0.05) is 13.0 Å². The second kappa shape index (κ2) is 5.42. The smallest absolute Gasteiger partial charge is 0.321 e. The summed E-state index contributed by atoms with van der Waals surface area (Å²) in [5.41, 5.74) is 0. The molecule has 3 unspecified atom stereocenters. The molecule has 0 aliphatic carbocycles. The van der Waals surface area contributed by atoms with Crippen LogP contribution in [-0.2, 0) is 4.74 Å². The number of nitrogens with zero attached hydrogens (tertiary/aromatic N) is 1. The first kappa shape index (κ1) is 13.1. The maximum absolute atomic E-state index is 11.5. The molecule has 94 valence electrons. The van der Waals surface area contributed by atoms with Crippen molar-refractivity contribution in [2.45, 2.75) is 37.8 Å². The minimum atomic E-state index is -0.746. The second-order valence-electron chi connectivity index (χ2n) is 3.92. The molecule has 0 aromatic heterocycles. The minimum Gasteiger partial charge on any atom is -0.394 e. The van der Waals surface area contributed by atoms with Crippen LogP contribution in [-0.4, -0.2) is 52.9 Å². The van der Waals surface area contributed by atoms with E-state index in [1.165, 1.54) is 0 Å². The van der Waals surface area contributed by atoms with E-state index in [1.54, 1.807) is 4.90 Å². The van der Waals surface area contributed by atoms with Crippen molar-refractivity contribution in [1.29, 1.82) is 0 Å². The molecule has 6 nitrogen and oxygen atoms in total. The summed E-state index contributed by atoms with van der Waals surface area (Å²) in [6.45, 7) is 0.490. The van der Waals surface area contributed by atoms with Crippen LogP contribution < -0.4 is 5.32 Å². The number of rotatable bonds is 2. The Morgan fingerprint density at radius 3 is 2.75 bits per heavy atom. The summed E-state index contributed by atoms with van der Waals surface area (Å²) in [6.07, 6.45) is 0.866. The number of carbonyl (C=O) groups excluding carboxylic acids is 1. The highest BCUT2D eigenvalue weighted by Gasteiger charge is 2.35. The van der Waals surface area contributed by atoms with Gasteiger partial charge in [-0.2, -0.15) is 0 Å². The van der Waals surface area contributed by atoms with Gasteiger partial charge in [-0.05, 0) is 12.8 Å². The van der Waals surface area contributed by atoms with E-state index in [1.807, 2.05) is 0 Å². The summed E-state index contributed by atoms with van der Waals surface area (Å²) < 4.78 is 5.49. The van der Waals surface area contributed by atoms with Crippen LogP contribution in [0.5, 0.6) is 0 Å². The van der Waals surface area contributed by atoms with Crippen molar-refractivity contribution in [2.24, 2.45) is 0 Å². The molecular weight excluding hydrogens is 219 g/mol. The second-order valence-corrected chi connectivity index (χ2v) is 3.92. The zero-order valence-electron chi connectivity index (χ0n) is 8.83. The van der Waals surface area contributed by atoms with Gasteiger partial charge in [0.25, 0.3) is 0 Å². The van der Waals surface area contributed by atoms with Crippen molar-refractivity contribution in [3.63, 3.8) is 0 Å². The number of urea groups is 1. The fourth-order valence-corrected chi connectivity index (χ4v) is 1.99. The molecular formula is C9H17FN2O4. The van der Waals surface area contributed by atoms with E-state index in [9.17, 15) is 9.90 Å². The largest absolute Gasteiger partial charge is 0.394 e. The maximum Gasteiger partial charge on any atom is 0.321 e. The van der Waals surface area contributed by atoms with Crippen LogP contribution in [0.15, 0.2) is 0 Å². The molecule has 0 spiro atoms. The lowest BCUT2D eigenvalue weighted by atomic mass is 10.2. The van der Waals surface area contributed by atoms with Gasteiger partial charge in [-0.3, -0.25) is 9.60 Å². The highest BCUT2D eigenvalue weighted by Crippen LogP contribution is 2.23. The molecule has 3 atom stereocenters. The van der Waals surface area contributed by atoms with Crippen molar-refractivity contribution in [2.75, 3.05) is 13.2 Å². The number of hydrogen-bond acceptors (Lipinski definition) is 4. The van der Waals surface area contributed by atoms with Crippen LogP contribution in [0.25, 0.3) is 0 Å². The molecule has 0 radical (unpaired) electrons. The summed E-state index contributed by atoms with van der Waals surface area (Å²) >= 11 is 0. The number of amides is 2. The van der Waals surface area contributed by atoms with E-state index in [-0.39, 0.29) is 29.7 Å². The number of carbonyl (C=O) groups is 1. The predicted octanol–water partition coefficient (Wildman–Crippen LogP) is -0.630. The molecule has 2 fully saturated rings. The van der Waals surface area contributed by atoms with E-state index in [0.717, 1.165) is 12.8 Å². The summed E-state index contributed by atoms with van der Waals surface area (Å²) in [5, 5.41) is 20.5. The first-order chi connectivity index (χ1) is 7.20. The zero-order chi connectivity index (χ0) is 10.8. The van der Waals surface area contributed by atoms with Crippen LogP contribution in [0.4, 0.5) is 9.50 Å². The fraction of sp³-hybridized carbons (Fsp3) is 0.889. The van der Waals surface area contributed by atoms with Crippen molar-refractivity contribution in [3.8, 4) is 0 Å². The molecule has 2 amide bonds. The molecule has 0 aromatic rings. The molecule has 0 bridgehead atoms. The topological polar surface area (TPSA) is 82.0 Å². The Hall–Kier alpha value is -0.920. The molecule has 2 aliphatic rings. The monoisotopic (exact) mass is 236 g/mol. The van der Waals surface area contributed by atoms with Crippen LogP contribution >= 0.6 is 0 Å². The molecule has 0 aromatic carbocycles. The Bertz CT molecular complexity index is 254. The Labute approximate surface area is 92.5 Å². The van der Waals surface area contributed by atoms with Gasteiger partial charge in [-0.15, -0.1) is 0 Å². The lowest BCUT2D eigenvalue weighted by Gasteiger charge is -2.34. The summed E-state index contributed by atoms with van der Waals surface area (Å²) in [4.78, 5) is 13.1. The van der Waals surface area contributed by atoms with E-state index >= 15 is 0 Å². The SMILES string of the molecule is F.O=C1NC(O)CCN1C1CCC(CO)O1. The number of ether oxygens (including phenoxy) is 1. The Balaban J connectivity index is 0.00000128. The van der Waals surface area contributed by atoms with Gasteiger partial charge in [0.1, 0.15) is 12.5 Å². The molecule has 2 heterocycles. The standard InChI is InChI=1S/C9H16N2O4.FH/c12-5-6-1-2-8(15-6)11-4-3-7(13)10-9(11)14;/h6-8,12-13H,1-5H2,(H,10,14);1H. The number of halogens is 1. The van der Waals surface area contributed by atoms with E-state index < -0.39 is 6.23 Å². The molecule has 3 N–H and O–H groups in total. The number of aliphatic hydroxyl groups excluding tert-OH is 2. The van der Waals surface area contributed by atoms with Gasteiger partial charge in [0.2, 0.25) is 0 Å². The van der Waals surface area contributed by atoms with Crippen LogP contribution in [0.2, 0.25) is 0 Å². The first-order valence-corrected chi connectivity index (χ1v) is 5.22. The lowest BCUT2D eigenvalue weighted by Crippen LogP contribution is -2.55. The van der Waals surface area contributed by atoms with Crippen molar-refractivity contribution in [3.05, 3.63) is 0 Å². The average Bonchev–Trinajstić information content (AvgIpc) is 2.66. The van der Waals surface area contributed by atoms with Crippen LogP contribution in [0.3, 0.4) is 0 Å². The van der Waals surface area contributed by atoms with Crippen molar-refractivity contribution < 1.29 is 24.4 Å². The third-order valence-corrected chi connectivity index (χ3v) is 2.83. The Morgan fingerprint density at radius 2 is 2.19 bits per heavy atom. The highest BCUT2D eigenvalue weighted by atomic mass is 19.0. The quantitative estimate of drug-likeness (QED) is 0.596. The third kappa shape index (κ3) is 2.60. The van der Waals surface area contributed by atoms with Gasteiger partial charge in [0.05, 0.1) is 12.7 Å². The summed E-state index contributed by atoms with van der Waals surface area (Å²) in [6, 6.07) is -0.294. The summed E-state index contributed by atoms with van der Waals surface area (Å²) in [5.74, 6) is 0. The fourth-order valence-electron chi connectivity index (χ4n) is 1.99. The van der Waals surface area contributed by atoms with Crippen LogP contribution in [0, 0.1) is 0 Å². The van der Waals surface area contributed by atoms with Crippen molar-refractivity contribution in [1.82, 2.24) is 10.2 Å². The molecule has 7 heteroatoms. The van der Waals surface area contributed by atoms with Gasteiger partial charge in [-0.25, -0.2) is 4.79 Å². The van der Waals surface area contributed by atoms with E-state index in [4.69, 9.17) is 9.84 Å². The maximum atomic E-state index is 11.5. The average molecular weight is 236 g/mol.